The molecule has 0 N–H and O–H groups in total. The number of halogens is 6. The lowest BCUT2D eigenvalue weighted by Gasteiger charge is -2.17. The molecule has 6 aromatic carbocycles. The van der Waals surface area contributed by atoms with Crippen LogP contribution in [-0.4, -0.2) is 16.4 Å². The summed E-state index contributed by atoms with van der Waals surface area (Å²) in [6.07, 6.45) is -10.1. The summed E-state index contributed by atoms with van der Waals surface area (Å²) in [5, 5.41) is 1.18. The minimum absolute atomic E-state index is 0.0556. The number of amides is 2. The molecule has 0 radical (unpaired) electrons. The molecule has 1 aromatic heterocycles. The minimum Gasteiger partial charge on any atom is -0.308 e. The van der Waals surface area contributed by atoms with E-state index < -0.39 is 35.3 Å². The summed E-state index contributed by atoms with van der Waals surface area (Å²) in [4.78, 5) is 29.4. The van der Waals surface area contributed by atoms with Gasteiger partial charge in [-0.15, -0.1) is 0 Å². The molecule has 1 aliphatic heterocycles. The molecule has 0 unspecified atom stereocenters. The first kappa shape index (κ1) is 31.1. The Balaban J connectivity index is 1.37. The third-order valence-corrected chi connectivity index (χ3v) is 8.94. The predicted molar refractivity (Wildman–Crippen MR) is 179 cm³/mol. The van der Waals surface area contributed by atoms with E-state index in [2.05, 4.69) is 0 Å². The highest BCUT2D eigenvalue weighted by Crippen LogP contribution is 2.44. The summed E-state index contributed by atoms with van der Waals surface area (Å²) in [5.74, 6) is -1.18. The van der Waals surface area contributed by atoms with Crippen LogP contribution in [-0.2, 0) is 12.4 Å². The molecular formula is C40H22F6N2O2. The number of alkyl halides is 6. The lowest BCUT2D eigenvalue weighted by Crippen LogP contribution is -2.29. The first-order valence-electron chi connectivity index (χ1n) is 15.4. The molecule has 0 spiro atoms. The number of rotatable bonds is 4. The van der Waals surface area contributed by atoms with Gasteiger partial charge in [0, 0.05) is 16.3 Å². The fraction of sp³-hybridized carbons (Fsp3) is 0.0500. The van der Waals surface area contributed by atoms with Crippen molar-refractivity contribution in [3.05, 3.63) is 156 Å². The van der Waals surface area contributed by atoms with Gasteiger partial charge in [0.2, 0.25) is 0 Å². The van der Waals surface area contributed by atoms with Crippen LogP contribution in [0.25, 0.3) is 49.7 Å². The summed E-state index contributed by atoms with van der Waals surface area (Å²) < 4.78 is 85.4. The Morgan fingerprint density at radius 3 is 1.80 bits per heavy atom. The largest absolute Gasteiger partial charge is 0.416 e. The van der Waals surface area contributed by atoms with Gasteiger partial charge in [-0.3, -0.25) is 9.59 Å². The Bertz CT molecular complexity index is 2480. The molecule has 10 heteroatoms. The Morgan fingerprint density at radius 1 is 0.480 bits per heavy atom. The van der Waals surface area contributed by atoms with Gasteiger partial charge in [-0.2, -0.15) is 26.3 Å². The Kier molecular flexibility index (Phi) is 6.97. The maximum absolute atomic E-state index is 14.4. The summed E-state index contributed by atoms with van der Waals surface area (Å²) in [5.41, 5.74) is 0.120. The standard InChI is InChI=1S/C40H22F6N2O2/c41-39(42,43)26-19-25(20-27(22-26)40(44,45)46)29-14-7-15-31-30-13-4-5-17-33(30)48(36(29)31)34-18-8-16-32-35(34)38(50)47(37(32)49)28-12-6-11-24(21-28)23-9-2-1-3-10-23/h1-22H. The fourth-order valence-electron chi connectivity index (χ4n) is 6.76. The highest BCUT2D eigenvalue weighted by Gasteiger charge is 2.40. The van der Waals surface area contributed by atoms with Crippen LogP contribution in [0, 0.1) is 0 Å². The van der Waals surface area contributed by atoms with Gasteiger partial charge in [0.05, 0.1) is 44.7 Å². The van der Waals surface area contributed by atoms with Gasteiger partial charge in [-0.05, 0) is 65.2 Å². The molecule has 0 bridgehead atoms. The number of fused-ring (bicyclic) bond motifs is 4. The van der Waals surface area contributed by atoms with Gasteiger partial charge in [-0.25, -0.2) is 4.90 Å². The van der Waals surface area contributed by atoms with E-state index in [-0.39, 0.29) is 39.5 Å². The van der Waals surface area contributed by atoms with Crippen molar-refractivity contribution in [2.75, 3.05) is 4.90 Å². The smallest absolute Gasteiger partial charge is 0.308 e. The molecule has 2 heterocycles. The average Bonchev–Trinajstić information content (AvgIpc) is 3.58. The van der Waals surface area contributed by atoms with Gasteiger partial charge in [0.25, 0.3) is 11.8 Å². The van der Waals surface area contributed by atoms with Crippen LogP contribution in [0.1, 0.15) is 31.8 Å². The van der Waals surface area contributed by atoms with E-state index in [1.807, 2.05) is 36.4 Å². The summed E-state index contributed by atoms with van der Waals surface area (Å²) >= 11 is 0. The van der Waals surface area contributed by atoms with Crippen LogP contribution in [0.3, 0.4) is 0 Å². The molecule has 50 heavy (non-hydrogen) atoms. The average molecular weight is 677 g/mol. The molecule has 2 amide bonds. The van der Waals surface area contributed by atoms with Crippen molar-refractivity contribution in [1.29, 1.82) is 0 Å². The number of hydrogen-bond acceptors (Lipinski definition) is 2. The molecule has 0 fully saturated rings. The molecule has 0 saturated carbocycles. The third-order valence-electron chi connectivity index (χ3n) is 8.94. The highest BCUT2D eigenvalue weighted by atomic mass is 19.4. The number of anilines is 1. The fourth-order valence-corrected chi connectivity index (χ4v) is 6.76. The van der Waals surface area contributed by atoms with Crippen molar-refractivity contribution in [2.45, 2.75) is 12.4 Å². The molecule has 0 aliphatic carbocycles. The maximum atomic E-state index is 14.4. The van der Waals surface area contributed by atoms with Crippen molar-refractivity contribution in [1.82, 2.24) is 4.57 Å². The van der Waals surface area contributed by atoms with E-state index in [9.17, 15) is 35.9 Å². The van der Waals surface area contributed by atoms with Crippen molar-refractivity contribution in [3.8, 4) is 27.9 Å². The quantitative estimate of drug-likeness (QED) is 0.138. The number of carbonyl (C=O) groups is 2. The molecule has 8 rings (SSSR count). The van der Waals surface area contributed by atoms with Crippen molar-refractivity contribution in [2.24, 2.45) is 0 Å². The molecule has 7 aromatic rings. The second-order valence-electron chi connectivity index (χ2n) is 11.9. The van der Waals surface area contributed by atoms with Crippen molar-refractivity contribution >= 4 is 39.3 Å². The molecule has 0 saturated heterocycles. The van der Waals surface area contributed by atoms with E-state index in [0.29, 0.717) is 34.1 Å². The summed E-state index contributed by atoms with van der Waals surface area (Å²) in [6, 6.07) is 34.4. The number of nitrogens with zero attached hydrogens (tertiary/aromatic N) is 2. The maximum Gasteiger partial charge on any atom is 0.416 e. The molecule has 246 valence electrons. The van der Waals surface area contributed by atoms with Crippen molar-refractivity contribution in [3.63, 3.8) is 0 Å². The van der Waals surface area contributed by atoms with E-state index in [1.54, 1.807) is 71.3 Å². The number of imide groups is 1. The Hall–Kier alpha value is -6.16. The number of para-hydroxylation sites is 2. The Morgan fingerprint density at radius 2 is 1.08 bits per heavy atom. The van der Waals surface area contributed by atoms with Crippen LogP contribution in [0.5, 0.6) is 0 Å². The van der Waals surface area contributed by atoms with E-state index in [1.165, 1.54) is 12.1 Å². The van der Waals surface area contributed by atoms with Crippen LogP contribution in [0.2, 0.25) is 0 Å². The van der Waals surface area contributed by atoms with Crippen molar-refractivity contribution < 1.29 is 35.9 Å². The Labute approximate surface area is 280 Å². The minimum atomic E-state index is -5.05. The van der Waals surface area contributed by atoms with Gasteiger partial charge in [0.1, 0.15) is 0 Å². The number of benzene rings is 6. The monoisotopic (exact) mass is 676 g/mol. The molecule has 0 atom stereocenters. The lowest BCUT2D eigenvalue weighted by atomic mass is 9.97. The lowest BCUT2D eigenvalue weighted by molar-refractivity contribution is -0.143. The van der Waals surface area contributed by atoms with Crippen LogP contribution < -0.4 is 4.90 Å². The van der Waals surface area contributed by atoms with Crippen LogP contribution in [0.4, 0.5) is 32.0 Å². The summed E-state index contributed by atoms with van der Waals surface area (Å²) in [7, 11) is 0. The number of aromatic nitrogens is 1. The van der Waals surface area contributed by atoms with E-state index in [4.69, 9.17) is 0 Å². The van der Waals surface area contributed by atoms with E-state index in [0.717, 1.165) is 16.0 Å². The summed E-state index contributed by atoms with van der Waals surface area (Å²) in [6.45, 7) is 0. The van der Waals surface area contributed by atoms with E-state index >= 15 is 0 Å². The first-order valence-corrected chi connectivity index (χ1v) is 15.4. The second kappa shape index (κ2) is 11.2. The first-order chi connectivity index (χ1) is 23.9. The normalized spacial score (nSPS) is 13.4. The molecular weight excluding hydrogens is 654 g/mol. The predicted octanol–water partition coefficient (Wildman–Crippen LogP) is 11.0. The zero-order valence-electron chi connectivity index (χ0n) is 25.7. The second-order valence-corrected chi connectivity index (χ2v) is 11.9. The third kappa shape index (κ3) is 4.94. The van der Waals surface area contributed by atoms with Gasteiger partial charge in [0.15, 0.2) is 0 Å². The zero-order valence-corrected chi connectivity index (χ0v) is 25.7. The van der Waals surface area contributed by atoms with Crippen LogP contribution in [0.15, 0.2) is 133 Å². The zero-order chi connectivity index (χ0) is 34.9. The van der Waals surface area contributed by atoms with Crippen LogP contribution >= 0.6 is 0 Å². The molecule has 4 nitrogen and oxygen atoms in total. The van der Waals surface area contributed by atoms with Gasteiger partial charge < -0.3 is 4.57 Å². The number of hydrogen-bond donors (Lipinski definition) is 0. The molecule has 1 aliphatic rings. The SMILES string of the molecule is O=C1c2cccc(-n3c4ccccc4c4cccc(-c5cc(C(F)(F)F)cc(C(F)(F)F)c5)c43)c2C(=O)N1c1cccc(-c2ccccc2)c1. The topological polar surface area (TPSA) is 42.3 Å². The van der Waals surface area contributed by atoms with Gasteiger partial charge in [-0.1, -0.05) is 84.9 Å². The number of carbonyl (C=O) groups excluding carboxylic acids is 2. The van der Waals surface area contributed by atoms with Gasteiger partial charge >= 0.3 is 12.4 Å². The highest BCUT2D eigenvalue weighted by molar-refractivity contribution is 6.36.